The van der Waals surface area contributed by atoms with Crippen LogP contribution in [0.2, 0.25) is 0 Å². The van der Waals surface area contributed by atoms with E-state index in [0.29, 0.717) is 6.61 Å². The smallest absolute Gasteiger partial charge is 0.186 e. The van der Waals surface area contributed by atoms with E-state index in [1.165, 1.54) is 7.11 Å². The van der Waals surface area contributed by atoms with Crippen molar-refractivity contribution in [1.29, 1.82) is 0 Å². The first-order chi connectivity index (χ1) is 8.17. The van der Waals surface area contributed by atoms with Crippen molar-refractivity contribution in [1.82, 2.24) is 0 Å². The Morgan fingerprint density at radius 2 is 2.00 bits per heavy atom. The van der Waals surface area contributed by atoms with Crippen LogP contribution in [-0.2, 0) is 18.9 Å². The third-order valence-corrected chi connectivity index (χ3v) is 2.94. The molecule has 0 aromatic heterocycles. The zero-order valence-corrected chi connectivity index (χ0v) is 9.85. The Labute approximate surface area is 99.7 Å². The van der Waals surface area contributed by atoms with Crippen molar-refractivity contribution in [2.45, 2.75) is 43.9 Å². The van der Waals surface area contributed by atoms with E-state index in [2.05, 4.69) is 0 Å². The van der Waals surface area contributed by atoms with Crippen LogP contribution in [0.3, 0.4) is 0 Å². The van der Waals surface area contributed by atoms with E-state index in [0.717, 1.165) is 0 Å². The highest BCUT2D eigenvalue weighted by Gasteiger charge is 2.48. The van der Waals surface area contributed by atoms with Crippen molar-refractivity contribution < 1.29 is 29.2 Å². The summed E-state index contributed by atoms with van der Waals surface area (Å²) in [5.41, 5.74) is 0. The zero-order valence-electron chi connectivity index (χ0n) is 9.85. The van der Waals surface area contributed by atoms with Gasteiger partial charge >= 0.3 is 0 Å². The lowest BCUT2D eigenvalue weighted by Gasteiger charge is -2.45. The molecule has 2 aliphatic heterocycles. The Bertz CT molecular complexity index is 279. The second-order valence-electron chi connectivity index (χ2n) is 4.09. The van der Waals surface area contributed by atoms with Gasteiger partial charge in [-0.05, 0) is 13.0 Å². The lowest BCUT2D eigenvalue weighted by Crippen LogP contribution is -2.62. The molecular formula is C11H18O6. The van der Waals surface area contributed by atoms with E-state index < -0.39 is 37.0 Å². The highest BCUT2D eigenvalue weighted by atomic mass is 16.7. The summed E-state index contributed by atoms with van der Waals surface area (Å²) in [5, 5.41) is 19.7. The van der Waals surface area contributed by atoms with Crippen LogP contribution in [0.25, 0.3) is 0 Å². The third kappa shape index (κ3) is 2.52. The van der Waals surface area contributed by atoms with Gasteiger partial charge in [0.2, 0.25) is 0 Å². The number of hydrogen-bond donors (Lipinski definition) is 2. The fourth-order valence-corrected chi connectivity index (χ4v) is 2.04. The summed E-state index contributed by atoms with van der Waals surface area (Å²) in [6.45, 7) is 2.14. The van der Waals surface area contributed by atoms with Gasteiger partial charge in [0, 0.05) is 7.11 Å². The molecule has 0 saturated carbocycles. The molecule has 2 N–H and O–H groups in total. The molecule has 6 atom stereocenters. The number of aliphatic hydroxyl groups is 2. The average Bonchev–Trinajstić information content (AvgIpc) is 2.34. The molecule has 2 fully saturated rings. The minimum absolute atomic E-state index is 0.295. The molecule has 2 rings (SSSR count). The van der Waals surface area contributed by atoms with E-state index in [1.54, 1.807) is 12.2 Å². The van der Waals surface area contributed by atoms with Gasteiger partial charge in [0.05, 0.1) is 6.61 Å². The predicted octanol–water partition coefficient (Wildman–Crippen LogP) is -0.603. The molecule has 6 nitrogen and oxygen atoms in total. The van der Waals surface area contributed by atoms with Crippen molar-refractivity contribution in [2.75, 3.05) is 13.7 Å². The molecule has 0 amide bonds. The highest BCUT2D eigenvalue weighted by molar-refractivity contribution is 4.95. The van der Waals surface area contributed by atoms with E-state index in [1.807, 2.05) is 6.92 Å². The molecule has 0 aromatic rings. The molecular weight excluding hydrogens is 228 g/mol. The number of rotatable bonds is 2. The first-order valence-corrected chi connectivity index (χ1v) is 5.61. The average molecular weight is 246 g/mol. The zero-order chi connectivity index (χ0) is 12.4. The molecule has 6 heteroatoms. The molecule has 2 aliphatic rings. The van der Waals surface area contributed by atoms with E-state index in [4.69, 9.17) is 18.9 Å². The lowest BCUT2D eigenvalue weighted by molar-refractivity contribution is -0.347. The number of allylic oxidation sites excluding steroid dienone is 1. The molecule has 1 unspecified atom stereocenters. The van der Waals surface area contributed by atoms with Crippen LogP contribution in [0.4, 0.5) is 0 Å². The van der Waals surface area contributed by atoms with Crippen LogP contribution in [0, 0.1) is 0 Å². The van der Waals surface area contributed by atoms with E-state index >= 15 is 0 Å². The third-order valence-electron chi connectivity index (χ3n) is 2.94. The summed E-state index contributed by atoms with van der Waals surface area (Å²) in [6, 6.07) is 0. The minimum Gasteiger partial charge on any atom is -0.387 e. The second kappa shape index (κ2) is 5.43. The normalized spacial score (nSPS) is 47.1. The molecule has 0 radical (unpaired) electrons. The summed E-state index contributed by atoms with van der Waals surface area (Å²) in [4.78, 5) is 0. The molecule has 2 heterocycles. The number of ether oxygens (including phenoxy) is 4. The standard InChI is InChI=1S/C11H18O6/c1-3-4-7-15-5-6-10(17-7)8(12)9(13)11(14-2)16-6/h3-4,6-13H,5H2,1-2H3/b4-3+/t6-,7?,8-,9-,10-,11+/m1/s1. The van der Waals surface area contributed by atoms with Gasteiger partial charge in [-0.1, -0.05) is 6.08 Å². The van der Waals surface area contributed by atoms with Crippen molar-refractivity contribution in [3.05, 3.63) is 12.2 Å². The highest BCUT2D eigenvalue weighted by Crippen LogP contribution is 2.28. The fourth-order valence-electron chi connectivity index (χ4n) is 2.04. The van der Waals surface area contributed by atoms with Gasteiger partial charge in [0.1, 0.15) is 24.4 Å². The van der Waals surface area contributed by atoms with Crippen molar-refractivity contribution in [3.8, 4) is 0 Å². The van der Waals surface area contributed by atoms with Crippen molar-refractivity contribution in [2.24, 2.45) is 0 Å². The van der Waals surface area contributed by atoms with Crippen LogP contribution >= 0.6 is 0 Å². The molecule has 2 saturated heterocycles. The molecule has 17 heavy (non-hydrogen) atoms. The Balaban J connectivity index is 2.05. The summed E-state index contributed by atoms with van der Waals surface area (Å²) in [6.07, 6.45) is -1.03. The second-order valence-corrected chi connectivity index (χ2v) is 4.09. The van der Waals surface area contributed by atoms with Gasteiger partial charge in [-0.2, -0.15) is 0 Å². The molecule has 0 aromatic carbocycles. The van der Waals surface area contributed by atoms with Crippen LogP contribution in [0.5, 0.6) is 0 Å². The van der Waals surface area contributed by atoms with Crippen molar-refractivity contribution in [3.63, 3.8) is 0 Å². The quantitative estimate of drug-likeness (QED) is 0.633. The van der Waals surface area contributed by atoms with E-state index in [-0.39, 0.29) is 0 Å². The maximum Gasteiger partial charge on any atom is 0.186 e. The largest absolute Gasteiger partial charge is 0.387 e. The first kappa shape index (κ1) is 12.9. The summed E-state index contributed by atoms with van der Waals surface area (Å²) < 4.78 is 21.3. The maximum absolute atomic E-state index is 9.95. The predicted molar refractivity (Wildman–Crippen MR) is 57.1 cm³/mol. The van der Waals surface area contributed by atoms with E-state index in [9.17, 15) is 10.2 Å². The summed E-state index contributed by atoms with van der Waals surface area (Å²) in [5.74, 6) is 0. The van der Waals surface area contributed by atoms with Gasteiger partial charge in [-0.25, -0.2) is 0 Å². The molecule has 0 aliphatic carbocycles. The Kier molecular flexibility index (Phi) is 4.13. The summed E-state index contributed by atoms with van der Waals surface area (Å²) in [7, 11) is 1.41. The van der Waals surface area contributed by atoms with Crippen LogP contribution in [0.1, 0.15) is 6.92 Å². The molecule has 0 spiro atoms. The van der Waals surface area contributed by atoms with Gasteiger partial charge in [-0.15, -0.1) is 0 Å². The number of methoxy groups -OCH3 is 1. The van der Waals surface area contributed by atoms with Crippen LogP contribution in [0.15, 0.2) is 12.2 Å². The Morgan fingerprint density at radius 1 is 1.24 bits per heavy atom. The monoisotopic (exact) mass is 246 g/mol. The van der Waals surface area contributed by atoms with Crippen LogP contribution < -0.4 is 0 Å². The molecule has 98 valence electrons. The van der Waals surface area contributed by atoms with Gasteiger partial charge in [-0.3, -0.25) is 0 Å². The topological polar surface area (TPSA) is 77.4 Å². The van der Waals surface area contributed by atoms with Gasteiger partial charge < -0.3 is 29.2 Å². The number of hydrogen-bond acceptors (Lipinski definition) is 6. The fraction of sp³-hybridized carbons (Fsp3) is 0.818. The maximum atomic E-state index is 9.95. The van der Waals surface area contributed by atoms with Gasteiger partial charge in [0.15, 0.2) is 12.6 Å². The van der Waals surface area contributed by atoms with Gasteiger partial charge in [0.25, 0.3) is 0 Å². The van der Waals surface area contributed by atoms with Crippen molar-refractivity contribution >= 4 is 0 Å². The molecule has 0 bridgehead atoms. The number of fused-ring (bicyclic) bond motifs is 1. The number of aliphatic hydroxyl groups excluding tert-OH is 2. The van der Waals surface area contributed by atoms with Crippen LogP contribution in [-0.4, -0.2) is 60.9 Å². The summed E-state index contributed by atoms with van der Waals surface area (Å²) >= 11 is 0. The Morgan fingerprint density at radius 3 is 2.65 bits per heavy atom. The SMILES string of the molecule is C/C=C/C1OC[C@H]2O[C@H](OC)[C@H](O)[C@@H](O)[C@@H]2O1. The lowest BCUT2D eigenvalue weighted by atomic mass is 9.98. The minimum atomic E-state index is -1.12. The Hall–Kier alpha value is -0.500. The first-order valence-electron chi connectivity index (χ1n) is 5.61.